The minimum atomic E-state index is -0.267. The molecule has 7 heteroatoms. The highest BCUT2D eigenvalue weighted by molar-refractivity contribution is 5.95. The van der Waals surface area contributed by atoms with Gasteiger partial charge in [0.25, 0.3) is 0 Å². The summed E-state index contributed by atoms with van der Waals surface area (Å²) in [5.74, 6) is 0.362. The molecule has 0 bridgehead atoms. The number of imide groups is 1. The average Bonchev–Trinajstić information content (AvgIpc) is 2.62. The van der Waals surface area contributed by atoms with Crippen molar-refractivity contribution in [3.63, 3.8) is 0 Å². The van der Waals surface area contributed by atoms with Crippen LogP contribution < -0.4 is 5.32 Å². The number of nitrogens with one attached hydrogen (secondary N) is 1. The zero-order valence-corrected chi connectivity index (χ0v) is 16.7. The Morgan fingerprint density at radius 1 is 1.08 bits per heavy atom. The van der Waals surface area contributed by atoms with Crippen LogP contribution in [0.4, 0.5) is 4.79 Å². The van der Waals surface area contributed by atoms with E-state index >= 15 is 0 Å². The molecule has 0 spiro atoms. The van der Waals surface area contributed by atoms with Crippen LogP contribution in [0, 0.1) is 11.8 Å². The molecular weight excluding hydrogens is 334 g/mol. The van der Waals surface area contributed by atoms with Crippen LogP contribution >= 0.6 is 0 Å². The summed E-state index contributed by atoms with van der Waals surface area (Å²) in [4.78, 5) is 28.8. The number of hydrogen-bond acceptors (Lipinski definition) is 5. The third-order valence-electron chi connectivity index (χ3n) is 4.78. The number of aliphatic hydroxyl groups excluding tert-OH is 1. The van der Waals surface area contributed by atoms with E-state index < -0.39 is 0 Å². The maximum Gasteiger partial charge on any atom is 0.324 e. The topological polar surface area (TPSA) is 82.1 Å². The van der Waals surface area contributed by atoms with Crippen molar-refractivity contribution in [2.75, 3.05) is 52.5 Å². The number of carbonyl (C=O) groups is 2. The van der Waals surface area contributed by atoms with E-state index in [1.54, 1.807) is 4.90 Å². The lowest BCUT2D eigenvalue weighted by molar-refractivity contribution is -0.124. The van der Waals surface area contributed by atoms with Crippen molar-refractivity contribution < 1.29 is 19.4 Å². The number of rotatable bonds is 11. The van der Waals surface area contributed by atoms with Crippen molar-refractivity contribution in [2.45, 2.75) is 46.5 Å². The number of aliphatic hydroxyl groups is 1. The lowest BCUT2D eigenvalue weighted by Crippen LogP contribution is -2.53. The van der Waals surface area contributed by atoms with E-state index in [0.717, 1.165) is 45.3 Å². The van der Waals surface area contributed by atoms with Crippen LogP contribution in [0.1, 0.15) is 46.5 Å². The lowest BCUT2D eigenvalue weighted by atomic mass is 9.93. The number of piperazine rings is 1. The Morgan fingerprint density at radius 2 is 1.77 bits per heavy atom. The summed E-state index contributed by atoms with van der Waals surface area (Å²) in [6.07, 6.45) is 3.62. The molecule has 0 saturated carbocycles. The Balaban J connectivity index is 2.34. The average molecular weight is 372 g/mol. The molecule has 0 radical (unpaired) electrons. The molecule has 2 N–H and O–H groups in total. The van der Waals surface area contributed by atoms with Crippen LogP contribution in [-0.4, -0.2) is 79.4 Å². The molecule has 1 heterocycles. The van der Waals surface area contributed by atoms with Crippen molar-refractivity contribution >= 4 is 11.9 Å². The van der Waals surface area contributed by atoms with Gasteiger partial charge in [0.15, 0.2) is 0 Å². The SMILES string of the molecule is CCC[C@@H](CCC(C)C)C(=O)NC(=O)N1CCN(CCOCCO)CC1. The molecule has 1 fully saturated rings. The molecule has 26 heavy (non-hydrogen) atoms. The summed E-state index contributed by atoms with van der Waals surface area (Å²) < 4.78 is 5.27. The monoisotopic (exact) mass is 371 g/mol. The molecule has 1 rings (SSSR count). The first-order valence-electron chi connectivity index (χ1n) is 9.98. The Bertz CT molecular complexity index is 410. The molecule has 7 nitrogen and oxygen atoms in total. The van der Waals surface area contributed by atoms with E-state index in [1.165, 1.54) is 0 Å². The Hall–Kier alpha value is -1.18. The smallest absolute Gasteiger partial charge is 0.324 e. The van der Waals surface area contributed by atoms with Gasteiger partial charge in [-0.15, -0.1) is 0 Å². The van der Waals surface area contributed by atoms with E-state index in [2.05, 4.69) is 31.0 Å². The summed E-state index contributed by atoms with van der Waals surface area (Å²) in [6, 6.07) is -0.267. The standard InChI is InChI=1S/C19H37N3O4/c1-4-5-17(7-6-16(2)3)18(24)20-19(25)22-10-8-21(9-11-22)12-14-26-15-13-23/h16-17,23H,4-15H2,1-3H3,(H,20,24,25)/t17-/m0/s1. The first-order valence-corrected chi connectivity index (χ1v) is 9.98. The number of amides is 3. The van der Waals surface area contributed by atoms with E-state index in [1.807, 2.05) is 0 Å². The predicted octanol–water partition coefficient (Wildman–Crippen LogP) is 1.70. The van der Waals surface area contributed by atoms with E-state index in [4.69, 9.17) is 9.84 Å². The van der Waals surface area contributed by atoms with E-state index in [9.17, 15) is 9.59 Å². The number of hydrogen-bond donors (Lipinski definition) is 2. The zero-order chi connectivity index (χ0) is 19.4. The molecule has 1 aliphatic rings. The number of ether oxygens (including phenoxy) is 1. The summed E-state index contributed by atoms with van der Waals surface area (Å²) in [6.45, 7) is 10.9. The number of urea groups is 1. The fourth-order valence-electron chi connectivity index (χ4n) is 3.11. The summed E-state index contributed by atoms with van der Waals surface area (Å²) in [5.41, 5.74) is 0. The predicted molar refractivity (Wildman–Crippen MR) is 102 cm³/mol. The molecule has 1 saturated heterocycles. The molecule has 0 aliphatic carbocycles. The van der Waals surface area contributed by atoms with Crippen LogP contribution in [0.5, 0.6) is 0 Å². The van der Waals surface area contributed by atoms with Crippen molar-refractivity contribution in [1.29, 1.82) is 0 Å². The maximum atomic E-state index is 12.5. The quantitative estimate of drug-likeness (QED) is 0.540. The minimum Gasteiger partial charge on any atom is -0.394 e. The van der Waals surface area contributed by atoms with Gasteiger partial charge in [0.05, 0.1) is 19.8 Å². The van der Waals surface area contributed by atoms with Crippen LogP contribution in [-0.2, 0) is 9.53 Å². The van der Waals surface area contributed by atoms with Crippen molar-refractivity contribution in [2.24, 2.45) is 11.8 Å². The van der Waals surface area contributed by atoms with Crippen LogP contribution in [0.2, 0.25) is 0 Å². The fraction of sp³-hybridized carbons (Fsp3) is 0.895. The van der Waals surface area contributed by atoms with Gasteiger partial charge in [0.2, 0.25) is 5.91 Å². The van der Waals surface area contributed by atoms with Gasteiger partial charge >= 0.3 is 6.03 Å². The normalized spacial score (nSPS) is 16.7. The van der Waals surface area contributed by atoms with E-state index in [0.29, 0.717) is 32.2 Å². The van der Waals surface area contributed by atoms with Crippen LogP contribution in [0.3, 0.4) is 0 Å². The third-order valence-corrected chi connectivity index (χ3v) is 4.78. The van der Waals surface area contributed by atoms with Gasteiger partial charge in [0.1, 0.15) is 0 Å². The van der Waals surface area contributed by atoms with Crippen molar-refractivity contribution in [3.8, 4) is 0 Å². The van der Waals surface area contributed by atoms with Crippen LogP contribution in [0.15, 0.2) is 0 Å². The highest BCUT2D eigenvalue weighted by atomic mass is 16.5. The largest absolute Gasteiger partial charge is 0.394 e. The molecule has 3 amide bonds. The molecule has 152 valence electrons. The highest BCUT2D eigenvalue weighted by Crippen LogP contribution is 2.17. The third kappa shape index (κ3) is 8.96. The number of nitrogens with zero attached hydrogens (tertiary/aromatic N) is 2. The second kappa shape index (κ2) is 13.1. The van der Waals surface area contributed by atoms with Gasteiger partial charge in [0, 0.05) is 38.6 Å². The molecule has 0 aromatic rings. The first kappa shape index (κ1) is 22.9. The summed E-state index contributed by atoms with van der Waals surface area (Å²) >= 11 is 0. The second-order valence-electron chi connectivity index (χ2n) is 7.42. The highest BCUT2D eigenvalue weighted by Gasteiger charge is 2.25. The van der Waals surface area contributed by atoms with Crippen LogP contribution in [0.25, 0.3) is 0 Å². The van der Waals surface area contributed by atoms with Crippen molar-refractivity contribution in [1.82, 2.24) is 15.1 Å². The Morgan fingerprint density at radius 3 is 2.35 bits per heavy atom. The summed E-state index contributed by atoms with van der Waals surface area (Å²) in [7, 11) is 0. The molecule has 0 unspecified atom stereocenters. The minimum absolute atomic E-state index is 0.0399. The van der Waals surface area contributed by atoms with Gasteiger partial charge in [-0.25, -0.2) is 4.79 Å². The maximum absolute atomic E-state index is 12.5. The van der Waals surface area contributed by atoms with Gasteiger partial charge in [-0.2, -0.15) is 0 Å². The zero-order valence-electron chi connectivity index (χ0n) is 16.7. The molecule has 0 aromatic carbocycles. The van der Waals surface area contributed by atoms with Gasteiger partial charge in [-0.1, -0.05) is 33.6 Å². The first-order chi connectivity index (χ1) is 12.5. The molecular formula is C19H37N3O4. The molecule has 0 aromatic heterocycles. The Kier molecular flexibility index (Phi) is 11.5. The molecule has 1 aliphatic heterocycles. The van der Waals surface area contributed by atoms with Gasteiger partial charge in [-0.05, 0) is 18.8 Å². The van der Waals surface area contributed by atoms with Gasteiger partial charge < -0.3 is 14.7 Å². The molecule has 1 atom stereocenters. The van der Waals surface area contributed by atoms with Gasteiger partial charge in [-0.3, -0.25) is 15.0 Å². The number of carbonyl (C=O) groups excluding carboxylic acids is 2. The second-order valence-corrected chi connectivity index (χ2v) is 7.42. The fourth-order valence-corrected chi connectivity index (χ4v) is 3.11. The Labute approximate surface area is 158 Å². The summed E-state index contributed by atoms with van der Waals surface area (Å²) in [5, 5.41) is 11.3. The lowest BCUT2D eigenvalue weighted by Gasteiger charge is -2.34. The van der Waals surface area contributed by atoms with E-state index in [-0.39, 0.29) is 24.5 Å². The van der Waals surface area contributed by atoms with Crippen molar-refractivity contribution in [3.05, 3.63) is 0 Å².